The second kappa shape index (κ2) is 5.67. The number of rotatable bonds is 6. The summed E-state index contributed by atoms with van der Waals surface area (Å²) in [4.78, 5) is 0. The highest BCUT2D eigenvalue weighted by atomic mass is 16.5. The number of benzene rings is 1. The van der Waals surface area contributed by atoms with Gasteiger partial charge in [0.25, 0.3) is 0 Å². The molecule has 0 bridgehead atoms. The molecule has 1 saturated heterocycles. The highest BCUT2D eigenvalue weighted by Gasteiger charge is 2.42. The van der Waals surface area contributed by atoms with Crippen molar-refractivity contribution >= 4 is 0 Å². The maximum Gasteiger partial charge on any atom is 0.164 e. The van der Waals surface area contributed by atoms with E-state index in [1.165, 1.54) is 0 Å². The van der Waals surface area contributed by atoms with Crippen molar-refractivity contribution < 1.29 is 18.9 Å². The molecule has 1 fully saturated rings. The molecule has 1 aromatic rings. The zero-order valence-corrected chi connectivity index (χ0v) is 11.7. The molecular weight excluding hydrogens is 246 g/mol. The minimum absolute atomic E-state index is 0.0698. The first kappa shape index (κ1) is 14.0. The van der Waals surface area contributed by atoms with Crippen LogP contribution in [0.15, 0.2) is 12.1 Å². The average Bonchev–Trinajstić information content (AvgIpc) is 2.41. The highest BCUT2D eigenvalue weighted by Crippen LogP contribution is 2.45. The van der Waals surface area contributed by atoms with E-state index in [1.54, 1.807) is 21.3 Å². The van der Waals surface area contributed by atoms with Crippen LogP contribution in [-0.2, 0) is 10.2 Å². The molecule has 0 aromatic heterocycles. The third-order valence-corrected chi connectivity index (χ3v) is 3.66. The Labute approximate surface area is 113 Å². The Bertz CT molecular complexity index is 443. The summed E-state index contributed by atoms with van der Waals surface area (Å²) in [6, 6.07) is 3.82. The highest BCUT2D eigenvalue weighted by molar-refractivity contribution is 5.54. The Kier molecular flexibility index (Phi) is 4.17. The molecule has 2 N–H and O–H groups in total. The van der Waals surface area contributed by atoms with Gasteiger partial charge in [0, 0.05) is 17.0 Å². The van der Waals surface area contributed by atoms with Crippen molar-refractivity contribution in [2.75, 3.05) is 41.1 Å². The Balaban J connectivity index is 2.48. The predicted octanol–water partition coefficient (Wildman–Crippen LogP) is 1.33. The molecule has 0 aliphatic carbocycles. The lowest BCUT2D eigenvalue weighted by Gasteiger charge is -2.42. The fourth-order valence-electron chi connectivity index (χ4n) is 2.50. The normalized spacial score (nSPS) is 16.6. The largest absolute Gasteiger partial charge is 0.496 e. The van der Waals surface area contributed by atoms with E-state index >= 15 is 0 Å². The van der Waals surface area contributed by atoms with Crippen LogP contribution in [0.4, 0.5) is 0 Å². The first-order valence-corrected chi connectivity index (χ1v) is 6.29. The Morgan fingerprint density at radius 2 is 1.63 bits per heavy atom. The van der Waals surface area contributed by atoms with Crippen LogP contribution in [0.25, 0.3) is 0 Å². The van der Waals surface area contributed by atoms with Crippen molar-refractivity contribution in [1.82, 2.24) is 0 Å². The first-order valence-electron chi connectivity index (χ1n) is 6.29. The smallest absolute Gasteiger partial charge is 0.164 e. The molecule has 106 valence electrons. The second-order valence-electron chi connectivity index (χ2n) is 4.72. The summed E-state index contributed by atoms with van der Waals surface area (Å²) in [5, 5.41) is 0. The summed E-state index contributed by atoms with van der Waals surface area (Å²) >= 11 is 0. The topological polar surface area (TPSA) is 62.9 Å². The van der Waals surface area contributed by atoms with E-state index in [1.807, 2.05) is 12.1 Å². The number of hydrogen-bond acceptors (Lipinski definition) is 5. The lowest BCUT2D eigenvalue weighted by molar-refractivity contribution is -0.0640. The van der Waals surface area contributed by atoms with Gasteiger partial charge in [-0.15, -0.1) is 0 Å². The quantitative estimate of drug-likeness (QED) is 0.842. The molecule has 0 radical (unpaired) electrons. The molecule has 1 heterocycles. The fourth-order valence-corrected chi connectivity index (χ4v) is 2.50. The number of methoxy groups -OCH3 is 3. The van der Waals surface area contributed by atoms with Gasteiger partial charge < -0.3 is 24.7 Å². The molecular formula is C14H21NO4. The van der Waals surface area contributed by atoms with E-state index in [0.717, 1.165) is 17.7 Å². The van der Waals surface area contributed by atoms with Gasteiger partial charge in [0.05, 0.1) is 34.5 Å². The van der Waals surface area contributed by atoms with E-state index in [0.29, 0.717) is 31.3 Å². The van der Waals surface area contributed by atoms with E-state index in [-0.39, 0.29) is 5.41 Å². The standard InChI is InChI=1S/C14H21NO4/c1-16-11-7-13(18-3)12(17-2)6-10(11)14(4-5-15)8-19-9-14/h6-7H,4-5,8-9,15H2,1-3H3. The van der Waals surface area contributed by atoms with Crippen LogP contribution in [-0.4, -0.2) is 41.1 Å². The van der Waals surface area contributed by atoms with Gasteiger partial charge in [-0.3, -0.25) is 0 Å². The molecule has 0 saturated carbocycles. The molecule has 1 aliphatic rings. The summed E-state index contributed by atoms with van der Waals surface area (Å²) in [5.74, 6) is 2.14. The van der Waals surface area contributed by atoms with E-state index in [9.17, 15) is 0 Å². The number of hydrogen-bond donors (Lipinski definition) is 1. The zero-order valence-electron chi connectivity index (χ0n) is 11.7. The van der Waals surface area contributed by atoms with Crippen molar-refractivity contribution in [2.24, 2.45) is 5.73 Å². The molecule has 1 aliphatic heterocycles. The maximum atomic E-state index is 5.73. The maximum absolute atomic E-state index is 5.73. The molecule has 0 unspecified atom stereocenters. The van der Waals surface area contributed by atoms with Crippen LogP contribution in [0.5, 0.6) is 17.2 Å². The molecule has 5 nitrogen and oxygen atoms in total. The number of ether oxygens (including phenoxy) is 4. The van der Waals surface area contributed by atoms with Crippen molar-refractivity contribution in [3.05, 3.63) is 17.7 Å². The second-order valence-corrected chi connectivity index (χ2v) is 4.72. The van der Waals surface area contributed by atoms with Crippen LogP contribution < -0.4 is 19.9 Å². The van der Waals surface area contributed by atoms with E-state index in [2.05, 4.69) is 0 Å². The predicted molar refractivity (Wildman–Crippen MR) is 72.3 cm³/mol. The lowest BCUT2D eigenvalue weighted by atomic mass is 9.75. The summed E-state index contributed by atoms with van der Waals surface area (Å²) in [7, 11) is 4.89. The van der Waals surface area contributed by atoms with Crippen molar-refractivity contribution in [3.8, 4) is 17.2 Å². The van der Waals surface area contributed by atoms with Gasteiger partial charge >= 0.3 is 0 Å². The molecule has 2 rings (SSSR count). The minimum Gasteiger partial charge on any atom is -0.496 e. The average molecular weight is 267 g/mol. The Hall–Kier alpha value is -1.46. The van der Waals surface area contributed by atoms with Gasteiger partial charge in [-0.25, -0.2) is 0 Å². The van der Waals surface area contributed by atoms with E-state index < -0.39 is 0 Å². The third-order valence-electron chi connectivity index (χ3n) is 3.66. The molecule has 5 heteroatoms. The Morgan fingerprint density at radius 1 is 1.05 bits per heavy atom. The summed E-state index contributed by atoms with van der Waals surface area (Å²) in [5.41, 5.74) is 6.73. The van der Waals surface area contributed by atoms with Gasteiger partial charge in [0.15, 0.2) is 11.5 Å². The van der Waals surface area contributed by atoms with E-state index in [4.69, 9.17) is 24.7 Å². The fraction of sp³-hybridized carbons (Fsp3) is 0.571. The van der Waals surface area contributed by atoms with Crippen LogP contribution in [0.1, 0.15) is 12.0 Å². The summed E-state index contributed by atoms with van der Waals surface area (Å²) < 4.78 is 21.5. The van der Waals surface area contributed by atoms with Crippen molar-refractivity contribution in [3.63, 3.8) is 0 Å². The lowest BCUT2D eigenvalue weighted by Crippen LogP contribution is -2.48. The molecule has 0 spiro atoms. The number of nitrogens with two attached hydrogens (primary N) is 1. The van der Waals surface area contributed by atoms with Crippen molar-refractivity contribution in [1.29, 1.82) is 0 Å². The van der Waals surface area contributed by atoms with Gasteiger partial charge in [0.1, 0.15) is 5.75 Å². The molecule has 0 atom stereocenters. The van der Waals surface area contributed by atoms with Gasteiger partial charge in [0.2, 0.25) is 0 Å². The molecule has 1 aromatic carbocycles. The zero-order chi connectivity index (χ0) is 13.9. The Morgan fingerprint density at radius 3 is 2.05 bits per heavy atom. The summed E-state index contributed by atoms with van der Waals surface area (Å²) in [6.07, 6.45) is 0.860. The minimum atomic E-state index is -0.0698. The SMILES string of the molecule is COc1cc(OC)c(C2(CCN)COC2)cc1OC. The third kappa shape index (κ3) is 2.35. The molecule has 0 amide bonds. The van der Waals surface area contributed by atoms with Crippen LogP contribution in [0, 0.1) is 0 Å². The van der Waals surface area contributed by atoms with Crippen LogP contribution >= 0.6 is 0 Å². The summed E-state index contributed by atoms with van der Waals surface area (Å²) in [6.45, 7) is 1.94. The first-order chi connectivity index (χ1) is 9.20. The monoisotopic (exact) mass is 267 g/mol. The molecule has 19 heavy (non-hydrogen) atoms. The van der Waals surface area contributed by atoms with Crippen LogP contribution in [0.2, 0.25) is 0 Å². The van der Waals surface area contributed by atoms with Crippen LogP contribution in [0.3, 0.4) is 0 Å². The van der Waals surface area contributed by atoms with Crippen molar-refractivity contribution in [2.45, 2.75) is 11.8 Å². The van der Waals surface area contributed by atoms with Gasteiger partial charge in [-0.05, 0) is 19.0 Å². The van der Waals surface area contributed by atoms with Gasteiger partial charge in [-0.2, -0.15) is 0 Å². The van der Waals surface area contributed by atoms with Gasteiger partial charge in [-0.1, -0.05) is 0 Å².